The molecule has 2 nitrogen and oxygen atoms in total. The van der Waals surface area contributed by atoms with Crippen molar-refractivity contribution in [1.82, 2.24) is 0 Å². The zero-order valence-corrected chi connectivity index (χ0v) is 14.5. The van der Waals surface area contributed by atoms with Gasteiger partial charge in [-0.25, -0.2) is 0 Å². The fourth-order valence-electron chi connectivity index (χ4n) is 2.73. The van der Waals surface area contributed by atoms with Crippen molar-refractivity contribution in [2.75, 3.05) is 0 Å². The number of para-hydroxylation sites is 1. The Morgan fingerprint density at radius 3 is 2.14 bits per heavy atom. The highest BCUT2D eigenvalue weighted by Crippen LogP contribution is 2.38. The average molecular weight is 292 g/mol. The molecule has 0 fully saturated rings. The summed E-state index contributed by atoms with van der Waals surface area (Å²) in [5.41, 5.74) is 1.41. The monoisotopic (exact) mass is 292 g/mol. The Labute approximate surface area is 130 Å². The van der Waals surface area contributed by atoms with Crippen LogP contribution in [0, 0.1) is 16.7 Å². The Bertz CT molecular complexity index is 450. The van der Waals surface area contributed by atoms with Gasteiger partial charge >= 0.3 is 0 Å². The second kappa shape index (κ2) is 6.72. The van der Waals surface area contributed by atoms with E-state index in [1.54, 1.807) is 6.07 Å². The van der Waals surface area contributed by atoms with E-state index in [0.29, 0.717) is 11.3 Å². The van der Waals surface area contributed by atoms with Crippen molar-refractivity contribution in [3.05, 3.63) is 23.8 Å². The predicted octanol–water partition coefficient (Wildman–Crippen LogP) is 5.52. The van der Waals surface area contributed by atoms with E-state index in [1.165, 1.54) is 18.9 Å². The van der Waals surface area contributed by atoms with Crippen LogP contribution in [-0.4, -0.2) is 10.2 Å². The van der Waals surface area contributed by atoms with Crippen molar-refractivity contribution in [2.24, 2.45) is 16.7 Å². The van der Waals surface area contributed by atoms with Crippen LogP contribution in [0.2, 0.25) is 0 Å². The minimum atomic E-state index is -0.0187. The molecule has 1 rings (SSSR count). The molecule has 0 aliphatic heterocycles. The van der Waals surface area contributed by atoms with Gasteiger partial charge in [-0.2, -0.15) is 0 Å². The van der Waals surface area contributed by atoms with Crippen LogP contribution in [0.25, 0.3) is 0 Å². The summed E-state index contributed by atoms with van der Waals surface area (Å²) in [6.07, 6.45) is 4.38. The van der Waals surface area contributed by atoms with Crippen LogP contribution in [0.3, 0.4) is 0 Å². The molecule has 0 radical (unpaired) electrons. The molecule has 0 bridgehead atoms. The Balaban J connectivity index is 2.78. The molecule has 0 spiro atoms. The zero-order chi connectivity index (χ0) is 16.3. The van der Waals surface area contributed by atoms with Gasteiger partial charge in [0.15, 0.2) is 11.5 Å². The van der Waals surface area contributed by atoms with Crippen LogP contribution >= 0.6 is 0 Å². The van der Waals surface area contributed by atoms with E-state index < -0.39 is 0 Å². The molecular weight excluding hydrogens is 260 g/mol. The van der Waals surface area contributed by atoms with E-state index in [-0.39, 0.29) is 16.9 Å². The predicted molar refractivity (Wildman–Crippen MR) is 89.7 cm³/mol. The Morgan fingerprint density at radius 1 is 1.00 bits per heavy atom. The van der Waals surface area contributed by atoms with Crippen LogP contribution in [0.15, 0.2) is 18.2 Å². The third kappa shape index (κ3) is 5.99. The summed E-state index contributed by atoms with van der Waals surface area (Å²) >= 11 is 0. The summed E-state index contributed by atoms with van der Waals surface area (Å²) in [6.45, 7) is 13.6. The molecule has 0 aliphatic carbocycles. The molecule has 1 unspecified atom stereocenters. The van der Waals surface area contributed by atoms with Gasteiger partial charge in [0.25, 0.3) is 0 Å². The van der Waals surface area contributed by atoms with Crippen molar-refractivity contribution in [1.29, 1.82) is 0 Å². The topological polar surface area (TPSA) is 40.5 Å². The number of phenols is 2. The molecule has 0 saturated carbocycles. The Hall–Kier alpha value is -1.18. The van der Waals surface area contributed by atoms with Crippen molar-refractivity contribution < 1.29 is 10.2 Å². The first-order valence-corrected chi connectivity index (χ1v) is 8.00. The molecule has 0 aliphatic rings. The molecule has 0 amide bonds. The van der Waals surface area contributed by atoms with E-state index in [2.05, 4.69) is 41.5 Å². The lowest BCUT2D eigenvalue weighted by atomic mass is 9.73. The largest absolute Gasteiger partial charge is 0.504 e. The quantitative estimate of drug-likeness (QED) is 0.702. The van der Waals surface area contributed by atoms with Gasteiger partial charge in [0.05, 0.1) is 0 Å². The highest BCUT2D eigenvalue weighted by molar-refractivity contribution is 5.44. The summed E-state index contributed by atoms with van der Waals surface area (Å²) in [5.74, 6) is 0.518. The summed E-state index contributed by atoms with van der Waals surface area (Å²) in [4.78, 5) is 0. The number of rotatable bonds is 5. The third-order valence-corrected chi connectivity index (χ3v) is 4.27. The maximum absolute atomic E-state index is 10.0. The van der Waals surface area contributed by atoms with Crippen molar-refractivity contribution in [3.63, 3.8) is 0 Å². The average Bonchev–Trinajstić information content (AvgIpc) is 2.30. The maximum Gasteiger partial charge on any atom is 0.160 e. The van der Waals surface area contributed by atoms with Gasteiger partial charge in [0.1, 0.15) is 0 Å². The summed E-state index contributed by atoms with van der Waals surface area (Å²) in [7, 11) is 0. The summed E-state index contributed by atoms with van der Waals surface area (Å²) in [6, 6.07) is 5.25. The molecule has 0 heterocycles. The van der Waals surface area contributed by atoms with E-state index in [4.69, 9.17) is 0 Å². The van der Waals surface area contributed by atoms with Crippen LogP contribution < -0.4 is 0 Å². The fraction of sp³-hybridized carbons (Fsp3) is 0.684. The first-order valence-electron chi connectivity index (χ1n) is 8.00. The second-order valence-electron chi connectivity index (χ2n) is 8.50. The molecule has 2 heteroatoms. The lowest BCUT2D eigenvalue weighted by molar-refractivity contribution is 0.207. The first kappa shape index (κ1) is 17.9. The van der Waals surface area contributed by atoms with Gasteiger partial charge in [0.2, 0.25) is 0 Å². The highest BCUT2D eigenvalue weighted by Gasteiger charge is 2.26. The normalized spacial score (nSPS) is 14.2. The lowest BCUT2D eigenvalue weighted by Crippen LogP contribution is -2.23. The molecule has 21 heavy (non-hydrogen) atoms. The molecule has 120 valence electrons. The number of aromatic hydroxyl groups is 2. The van der Waals surface area contributed by atoms with Crippen molar-refractivity contribution >= 4 is 0 Å². The summed E-state index contributed by atoms with van der Waals surface area (Å²) in [5, 5.41) is 19.7. The maximum atomic E-state index is 10.0. The van der Waals surface area contributed by atoms with Gasteiger partial charge < -0.3 is 10.2 Å². The molecule has 1 atom stereocenters. The molecular formula is C19H32O2. The molecule has 2 N–H and O–H groups in total. The SMILES string of the molecule is CC(C)(C)CCCC(Cc1cccc(O)c1O)C(C)(C)C. The van der Waals surface area contributed by atoms with Crippen molar-refractivity contribution in [3.8, 4) is 11.5 Å². The zero-order valence-electron chi connectivity index (χ0n) is 14.5. The summed E-state index contributed by atoms with van der Waals surface area (Å²) < 4.78 is 0. The minimum Gasteiger partial charge on any atom is -0.504 e. The van der Waals surface area contributed by atoms with Gasteiger partial charge in [-0.1, -0.05) is 60.1 Å². The van der Waals surface area contributed by atoms with E-state index >= 15 is 0 Å². The second-order valence-corrected chi connectivity index (χ2v) is 8.50. The highest BCUT2D eigenvalue weighted by atomic mass is 16.3. The Kier molecular flexibility index (Phi) is 5.72. The first-order chi connectivity index (χ1) is 9.50. The molecule has 1 aromatic rings. The number of hydrogen-bond acceptors (Lipinski definition) is 2. The van der Waals surface area contributed by atoms with E-state index in [1.807, 2.05) is 6.07 Å². The van der Waals surface area contributed by atoms with Crippen LogP contribution in [0.5, 0.6) is 11.5 Å². The Morgan fingerprint density at radius 2 is 1.62 bits per heavy atom. The molecule has 1 aromatic carbocycles. The third-order valence-electron chi connectivity index (χ3n) is 4.27. The standard InChI is InChI=1S/C19H32O2/c1-18(2,3)12-8-10-15(19(4,5)6)13-14-9-7-11-16(20)17(14)21/h7,9,11,15,20-21H,8,10,12-13H2,1-6H3. The molecule has 0 saturated heterocycles. The number of benzene rings is 1. The number of hydrogen-bond donors (Lipinski definition) is 2. The van der Waals surface area contributed by atoms with Crippen LogP contribution in [0.4, 0.5) is 0 Å². The molecule has 0 aromatic heterocycles. The van der Waals surface area contributed by atoms with Gasteiger partial charge in [-0.15, -0.1) is 0 Å². The number of phenolic OH excluding ortho intramolecular Hbond substituents is 2. The van der Waals surface area contributed by atoms with Crippen LogP contribution in [0.1, 0.15) is 66.4 Å². The fourth-order valence-corrected chi connectivity index (χ4v) is 2.73. The van der Waals surface area contributed by atoms with Gasteiger partial charge in [0, 0.05) is 0 Å². The van der Waals surface area contributed by atoms with E-state index in [9.17, 15) is 10.2 Å². The van der Waals surface area contributed by atoms with Gasteiger partial charge in [-0.3, -0.25) is 0 Å². The lowest BCUT2D eigenvalue weighted by Gasteiger charge is -2.32. The minimum absolute atomic E-state index is 0.0187. The van der Waals surface area contributed by atoms with Gasteiger partial charge in [-0.05, 0) is 47.6 Å². The van der Waals surface area contributed by atoms with Crippen LogP contribution in [-0.2, 0) is 6.42 Å². The van der Waals surface area contributed by atoms with Crippen molar-refractivity contribution in [2.45, 2.75) is 67.2 Å². The smallest absolute Gasteiger partial charge is 0.160 e. The van der Waals surface area contributed by atoms with E-state index in [0.717, 1.165) is 18.4 Å².